The molecule has 4 aromatic rings. The summed E-state index contributed by atoms with van der Waals surface area (Å²) in [6, 6.07) is 27.7. The van der Waals surface area contributed by atoms with Crippen molar-refractivity contribution in [2.75, 3.05) is 0 Å². The predicted octanol–water partition coefficient (Wildman–Crippen LogP) is 5.40. The van der Waals surface area contributed by atoms with E-state index in [1.807, 2.05) is 0 Å². The molecule has 0 unspecified atom stereocenters. The summed E-state index contributed by atoms with van der Waals surface area (Å²) in [5, 5.41) is 2.61. The van der Waals surface area contributed by atoms with Gasteiger partial charge in [0.2, 0.25) is 0 Å². The molecule has 98 valence electrons. The third-order valence-electron chi connectivity index (χ3n) is 3.59. The van der Waals surface area contributed by atoms with Crippen molar-refractivity contribution in [2.45, 2.75) is 0 Å². The van der Waals surface area contributed by atoms with Crippen LogP contribution in [0.15, 0.2) is 78.9 Å². The van der Waals surface area contributed by atoms with Crippen LogP contribution in [0.5, 0.6) is 0 Å². The van der Waals surface area contributed by atoms with E-state index in [9.17, 15) is 0 Å². The van der Waals surface area contributed by atoms with Crippen molar-refractivity contribution in [2.24, 2.45) is 0 Å². The Morgan fingerprint density at radius 2 is 0.950 bits per heavy atom. The van der Waals surface area contributed by atoms with E-state index in [2.05, 4.69) is 83.4 Å². The Kier molecular flexibility index (Phi) is 3.49. The average Bonchev–Trinajstić information content (AvgIpc) is 2.83. The van der Waals surface area contributed by atoms with Gasteiger partial charge in [0.1, 0.15) is 0 Å². The first-order valence-corrected chi connectivity index (χ1v) is 6.49. The van der Waals surface area contributed by atoms with Gasteiger partial charge < -0.3 is 4.57 Å². The van der Waals surface area contributed by atoms with Crippen molar-refractivity contribution in [3.05, 3.63) is 78.9 Å². The van der Waals surface area contributed by atoms with E-state index >= 15 is 0 Å². The molecule has 0 aliphatic carbocycles. The smallest absolute Gasteiger partial charge is 0.0541 e. The fraction of sp³-hybridized carbons (Fsp3) is 0. The lowest BCUT2D eigenvalue weighted by Gasteiger charge is -2.06. The third kappa shape index (κ3) is 1.91. The van der Waals surface area contributed by atoms with Crippen molar-refractivity contribution >= 4 is 45.8 Å². The number of hydrogen-bond donors (Lipinski definition) is 0. The van der Waals surface area contributed by atoms with Gasteiger partial charge >= 0.3 is 0 Å². The van der Waals surface area contributed by atoms with Crippen LogP contribution >= 0.6 is 24.0 Å². The molecule has 0 bridgehead atoms. The van der Waals surface area contributed by atoms with Crippen molar-refractivity contribution in [3.63, 3.8) is 0 Å². The number of benzene rings is 3. The van der Waals surface area contributed by atoms with Gasteiger partial charge in [-0.1, -0.05) is 54.6 Å². The van der Waals surface area contributed by atoms with E-state index in [1.165, 1.54) is 27.5 Å². The van der Waals surface area contributed by atoms with Gasteiger partial charge in [-0.25, -0.2) is 0 Å². The number of nitrogens with zero attached hydrogens (tertiary/aromatic N) is 1. The van der Waals surface area contributed by atoms with Gasteiger partial charge in [0, 0.05) is 16.5 Å². The van der Waals surface area contributed by atoms with Crippen molar-refractivity contribution < 1.29 is 0 Å². The normalized spacial score (nSPS) is 10.6. The van der Waals surface area contributed by atoms with Crippen LogP contribution in [0.4, 0.5) is 0 Å². The molecule has 0 atom stereocenters. The van der Waals surface area contributed by atoms with E-state index in [0.29, 0.717) is 0 Å². The van der Waals surface area contributed by atoms with Crippen LogP contribution in [0.3, 0.4) is 0 Å². The van der Waals surface area contributed by atoms with Crippen LogP contribution in [-0.4, -0.2) is 4.57 Å². The van der Waals surface area contributed by atoms with E-state index in [1.54, 1.807) is 0 Å². The zero-order valence-electron chi connectivity index (χ0n) is 10.9. The highest BCUT2D eigenvalue weighted by Gasteiger charge is 2.10. The topological polar surface area (TPSA) is 4.93 Å². The Hall–Kier alpha value is -1.81. The SMILES string of the molecule is I.c1ccc(-n2c3ccccc3c3ccccc32)cc1. The molecule has 4 rings (SSSR count). The summed E-state index contributed by atoms with van der Waals surface area (Å²) in [6.07, 6.45) is 0. The monoisotopic (exact) mass is 371 g/mol. The van der Waals surface area contributed by atoms with Gasteiger partial charge in [-0.3, -0.25) is 0 Å². The highest BCUT2D eigenvalue weighted by molar-refractivity contribution is 14.0. The van der Waals surface area contributed by atoms with Crippen LogP contribution in [0.25, 0.3) is 27.5 Å². The Morgan fingerprint density at radius 1 is 0.500 bits per heavy atom. The number of para-hydroxylation sites is 3. The number of fused-ring (bicyclic) bond motifs is 3. The number of halogens is 1. The molecule has 0 fully saturated rings. The molecule has 1 heterocycles. The van der Waals surface area contributed by atoms with Crippen LogP contribution in [0, 0.1) is 0 Å². The average molecular weight is 371 g/mol. The molecule has 20 heavy (non-hydrogen) atoms. The summed E-state index contributed by atoms with van der Waals surface area (Å²) in [6.45, 7) is 0. The van der Waals surface area contributed by atoms with E-state index in [4.69, 9.17) is 0 Å². The minimum atomic E-state index is 0. The Morgan fingerprint density at radius 3 is 1.50 bits per heavy atom. The summed E-state index contributed by atoms with van der Waals surface area (Å²) >= 11 is 0. The van der Waals surface area contributed by atoms with Gasteiger partial charge in [-0.15, -0.1) is 24.0 Å². The Bertz CT molecular complexity index is 809. The first-order chi connectivity index (χ1) is 9.45. The summed E-state index contributed by atoms with van der Waals surface area (Å²) in [5.74, 6) is 0. The minimum Gasteiger partial charge on any atom is -0.309 e. The van der Waals surface area contributed by atoms with Gasteiger partial charge in [-0.2, -0.15) is 0 Å². The highest BCUT2D eigenvalue weighted by atomic mass is 127. The first kappa shape index (κ1) is 13.2. The van der Waals surface area contributed by atoms with Crippen molar-refractivity contribution in [1.82, 2.24) is 4.57 Å². The molecular formula is C18H14IN. The molecule has 1 aromatic heterocycles. The van der Waals surface area contributed by atoms with Crippen LogP contribution in [0.2, 0.25) is 0 Å². The van der Waals surface area contributed by atoms with Crippen LogP contribution in [-0.2, 0) is 0 Å². The van der Waals surface area contributed by atoms with Gasteiger partial charge in [0.15, 0.2) is 0 Å². The second-order valence-electron chi connectivity index (χ2n) is 4.71. The molecule has 0 N–H and O–H groups in total. The minimum absolute atomic E-state index is 0. The molecule has 0 amide bonds. The Balaban J connectivity index is 0.00000121. The quantitative estimate of drug-likeness (QED) is 0.395. The maximum Gasteiger partial charge on any atom is 0.0541 e. The Labute approximate surface area is 134 Å². The maximum atomic E-state index is 2.32. The first-order valence-electron chi connectivity index (χ1n) is 6.49. The zero-order chi connectivity index (χ0) is 12.7. The summed E-state index contributed by atoms with van der Waals surface area (Å²) < 4.78 is 2.32. The molecule has 3 aromatic carbocycles. The second-order valence-corrected chi connectivity index (χ2v) is 4.71. The fourth-order valence-corrected chi connectivity index (χ4v) is 2.78. The second kappa shape index (κ2) is 5.29. The summed E-state index contributed by atoms with van der Waals surface area (Å²) in [4.78, 5) is 0. The standard InChI is InChI=1S/C18H13N.HI/c1-2-8-14(9-3-1)19-17-12-6-4-10-15(17)16-11-5-7-13-18(16)19;/h1-13H;1H. The molecular weight excluding hydrogens is 357 g/mol. The molecule has 2 heteroatoms. The van der Waals surface area contributed by atoms with E-state index < -0.39 is 0 Å². The lowest BCUT2D eigenvalue weighted by atomic mass is 10.2. The number of rotatable bonds is 1. The van der Waals surface area contributed by atoms with Crippen molar-refractivity contribution in [1.29, 1.82) is 0 Å². The molecule has 0 spiro atoms. The van der Waals surface area contributed by atoms with Gasteiger partial charge in [0.05, 0.1) is 11.0 Å². The van der Waals surface area contributed by atoms with Crippen molar-refractivity contribution in [3.8, 4) is 5.69 Å². The largest absolute Gasteiger partial charge is 0.309 e. The lowest BCUT2D eigenvalue weighted by molar-refractivity contribution is 1.18. The lowest BCUT2D eigenvalue weighted by Crippen LogP contribution is -1.92. The number of hydrogen-bond acceptors (Lipinski definition) is 0. The zero-order valence-corrected chi connectivity index (χ0v) is 13.2. The summed E-state index contributed by atoms with van der Waals surface area (Å²) in [7, 11) is 0. The molecule has 0 saturated heterocycles. The predicted molar refractivity (Wildman–Crippen MR) is 96.2 cm³/mol. The number of aromatic nitrogens is 1. The van der Waals surface area contributed by atoms with Crippen LogP contribution in [0.1, 0.15) is 0 Å². The highest BCUT2D eigenvalue weighted by Crippen LogP contribution is 2.31. The molecule has 0 aliphatic heterocycles. The van der Waals surface area contributed by atoms with Crippen LogP contribution < -0.4 is 0 Å². The third-order valence-corrected chi connectivity index (χ3v) is 3.59. The summed E-state index contributed by atoms with van der Waals surface area (Å²) in [5.41, 5.74) is 3.73. The molecule has 0 aliphatic rings. The molecule has 0 saturated carbocycles. The molecule has 1 nitrogen and oxygen atoms in total. The van der Waals surface area contributed by atoms with E-state index in [0.717, 1.165) is 0 Å². The molecule has 0 radical (unpaired) electrons. The maximum absolute atomic E-state index is 2.32. The fourth-order valence-electron chi connectivity index (χ4n) is 2.78. The van der Waals surface area contributed by atoms with E-state index in [-0.39, 0.29) is 24.0 Å². The van der Waals surface area contributed by atoms with Gasteiger partial charge in [0.25, 0.3) is 0 Å². The van der Waals surface area contributed by atoms with Gasteiger partial charge in [-0.05, 0) is 24.3 Å².